The normalized spacial score (nSPS) is 13.6. The van der Waals surface area contributed by atoms with Gasteiger partial charge in [-0.05, 0) is 25.5 Å². The van der Waals surface area contributed by atoms with Crippen LogP contribution < -0.4 is 10.6 Å². The average Bonchev–Trinajstić information content (AvgIpc) is 2.92. The Labute approximate surface area is 131 Å². The fourth-order valence-electron chi connectivity index (χ4n) is 2.41. The van der Waals surface area contributed by atoms with Gasteiger partial charge in [0.05, 0.1) is 6.20 Å². The summed E-state index contributed by atoms with van der Waals surface area (Å²) in [7, 11) is 3.62. The number of amides is 1. The number of carbonyl (C=O) groups excluding carboxylic acids is 1. The Kier molecular flexibility index (Phi) is 5.33. The number of rotatable bonds is 6. The molecule has 0 aliphatic carbocycles. The zero-order valence-electron chi connectivity index (χ0n) is 13.6. The molecular weight excluding hydrogens is 276 g/mol. The number of nitrogens with one attached hydrogen (secondary N) is 2. The topological polar surface area (TPSA) is 59.0 Å². The van der Waals surface area contributed by atoms with E-state index in [0.29, 0.717) is 6.54 Å². The average molecular weight is 300 g/mol. The lowest BCUT2D eigenvalue weighted by molar-refractivity contribution is -0.123. The molecule has 2 unspecified atom stereocenters. The number of aromatic nitrogens is 2. The summed E-state index contributed by atoms with van der Waals surface area (Å²) in [4.78, 5) is 12.4. The summed E-state index contributed by atoms with van der Waals surface area (Å²) in [5, 5.41) is 10.2. The molecule has 5 nitrogen and oxygen atoms in total. The van der Waals surface area contributed by atoms with Crippen molar-refractivity contribution in [2.75, 3.05) is 13.6 Å². The fraction of sp³-hybridized carbons (Fsp3) is 0.412. The summed E-state index contributed by atoms with van der Waals surface area (Å²) in [6.45, 7) is 4.80. The van der Waals surface area contributed by atoms with E-state index in [1.165, 1.54) is 11.1 Å². The van der Waals surface area contributed by atoms with E-state index in [0.717, 1.165) is 5.56 Å². The van der Waals surface area contributed by atoms with E-state index in [-0.39, 0.29) is 17.9 Å². The van der Waals surface area contributed by atoms with Crippen LogP contribution in [0.1, 0.15) is 35.6 Å². The van der Waals surface area contributed by atoms with Crippen molar-refractivity contribution >= 4 is 5.91 Å². The van der Waals surface area contributed by atoms with Gasteiger partial charge in [0, 0.05) is 25.4 Å². The van der Waals surface area contributed by atoms with Crippen LogP contribution in [0.5, 0.6) is 0 Å². The van der Waals surface area contributed by atoms with Gasteiger partial charge in [0.25, 0.3) is 0 Å². The van der Waals surface area contributed by atoms with Crippen molar-refractivity contribution in [3.8, 4) is 0 Å². The zero-order valence-corrected chi connectivity index (χ0v) is 13.6. The lowest BCUT2D eigenvalue weighted by Gasteiger charge is -2.18. The molecular formula is C17H24N4O. The zero-order chi connectivity index (χ0) is 16.1. The second kappa shape index (κ2) is 7.22. The molecule has 2 N–H and O–H groups in total. The van der Waals surface area contributed by atoms with Gasteiger partial charge in [-0.25, -0.2) is 0 Å². The van der Waals surface area contributed by atoms with E-state index >= 15 is 0 Å². The van der Waals surface area contributed by atoms with Crippen LogP contribution in [0.15, 0.2) is 36.7 Å². The van der Waals surface area contributed by atoms with Gasteiger partial charge in [0.15, 0.2) is 0 Å². The monoisotopic (exact) mass is 300 g/mol. The SMILES string of the molecule is CNC(C(=O)NCC(C)c1ccc(C)cc1)c1cnn(C)c1. The number of aryl methyl sites for hydroxylation is 2. The van der Waals surface area contributed by atoms with Gasteiger partial charge in [0.1, 0.15) is 6.04 Å². The molecule has 0 saturated heterocycles. The number of likely N-dealkylation sites (N-methyl/N-ethyl adjacent to an activating group) is 1. The third-order valence-corrected chi connectivity index (χ3v) is 3.84. The molecule has 1 amide bonds. The minimum Gasteiger partial charge on any atom is -0.354 e. The Bertz CT molecular complexity index is 618. The Morgan fingerprint density at radius 1 is 1.27 bits per heavy atom. The van der Waals surface area contributed by atoms with Crippen LogP contribution in [0, 0.1) is 6.92 Å². The van der Waals surface area contributed by atoms with E-state index < -0.39 is 0 Å². The van der Waals surface area contributed by atoms with Crippen molar-refractivity contribution in [3.05, 3.63) is 53.3 Å². The third-order valence-electron chi connectivity index (χ3n) is 3.84. The van der Waals surface area contributed by atoms with E-state index in [9.17, 15) is 4.79 Å². The second-order valence-corrected chi connectivity index (χ2v) is 5.73. The standard InChI is InChI=1S/C17H24N4O/c1-12-5-7-14(8-6-12)13(2)9-19-17(22)16(18-3)15-10-20-21(4)11-15/h5-8,10-11,13,16,18H,9H2,1-4H3,(H,19,22). The first kappa shape index (κ1) is 16.2. The molecule has 2 rings (SSSR count). The predicted octanol–water partition coefficient (Wildman–Crippen LogP) is 1.91. The molecule has 1 aromatic carbocycles. The minimum absolute atomic E-state index is 0.0329. The lowest BCUT2D eigenvalue weighted by Crippen LogP contribution is -2.37. The molecule has 5 heteroatoms. The molecule has 0 aliphatic rings. The van der Waals surface area contributed by atoms with Gasteiger partial charge in [-0.2, -0.15) is 5.10 Å². The highest BCUT2D eigenvalue weighted by Crippen LogP contribution is 2.16. The number of hydrogen-bond acceptors (Lipinski definition) is 3. The minimum atomic E-state index is -0.376. The van der Waals surface area contributed by atoms with Crippen LogP contribution in [0.25, 0.3) is 0 Å². The largest absolute Gasteiger partial charge is 0.354 e. The van der Waals surface area contributed by atoms with E-state index in [1.54, 1.807) is 17.9 Å². The Hall–Kier alpha value is -2.14. The smallest absolute Gasteiger partial charge is 0.241 e. The number of carbonyl (C=O) groups is 1. The molecule has 2 atom stereocenters. The van der Waals surface area contributed by atoms with Gasteiger partial charge < -0.3 is 10.6 Å². The van der Waals surface area contributed by atoms with Crippen LogP contribution in [-0.2, 0) is 11.8 Å². The van der Waals surface area contributed by atoms with Gasteiger partial charge in [-0.3, -0.25) is 9.48 Å². The summed E-state index contributed by atoms with van der Waals surface area (Å²) >= 11 is 0. The van der Waals surface area contributed by atoms with Crippen molar-refractivity contribution in [2.24, 2.45) is 7.05 Å². The number of benzene rings is 1. The molecule has 0 bridgehead atoms. The maximum atomic E-state index is 12.4. The van der Waals surface area contributed by atoms with Crippen molar-refractivity contribution in [3.63, 3.8) is 0 Å². The Morgan fingerprint density at radius 3 is 2.50 bits per heavy atom. The van der Waals surface area contributed by atoms with Crippen LogP contribution in [0.3, 0.4) is 0 Å². The van der Waals surface area contributed by atoms with Crippen LogP contribution in [0.2, 0.25) is 0 Å². The first-order chi connectivity index (χ1) is 10.5. The summed E-state index contributed by atoms with van der Waals surface area (Å²) < 4.78 is 1.70. The maximum absolute atomic E-state index is 12.4. The van der Waals surface area contributed by atoms with Gasteiger partial charge in [0.2, 0.25) is 5.91 Å². The Morgan fingerprint density at radius 2 is 1.95 bits per heavy atom. The first-order valence-electron chi connectivity index (χ1n) is 7.51. The molecule has 0 radical (unpaired) electrons. The highest BCUT2D eigenvalue weighted by Gasteiger charge is 2.20. The highest BCUT2D eigenvalue weighted by atomic mass is 16.2. The maximum Gasteiger partial charge on any atom is 0.241 e. The van der Waals surface area contributed by atoms with Crippen molar-refractivity contribution < 1.29 is 4.79 Å². The Balaban J connectivity index is 1.94. The van der Waals surface area contributed by atoms with Crippen LogP contribution in [-0.4, -0.2) is 29.3 Å². The first-order valence-corrected chi connectivity index (χ1v) is 7.51. The van der Waals surface area contributed by atoms with Gasteiger partial charge >= 0.3 is 0 Å². The predicted molar refractivity (Wildman–Crippen MR) is 87.6 cm³/mol. The molecule has 0 fully saturated rings. The van der Waals surface area contributed by atoms with E-state index in [2.05, 4.69) is 53.8 Å². The summed E-state index contributed by atoms with van der Waals surface area (Å²) in [5.41, 5.74) is 3.34. The van der Waals surface area contributed by atoms with Gasteiger partial charge in [-0.15, -0.1) is 0 Å². The third kappa shape index (κ3) is 3.95. The van der Waals surface area contributed by atoms with Crippen molar-refractivity contribution in [1.29, 1.82) is 0 Å². The fourth-order valence-corrected chi connectivity index (χ4v) is 2.41. The van der Waals surface area contributed by atoms with Gasteiger partial charge in [-0.1, -0.05) is 36.8 Å². The molecule has 0 saturated carbocycles. The molecule has 1 heterocycles. The summed E-state index contributed by atoms with van der Waals surface area (Å²) in [5.74, 6) is 0.241. The molecule has 118 valence electrons. The second-order valence-electron chi connectivity index (χ2n) is 5.73. The van der Waals surface area contributed by atoms with Crippen molar-refractivity contribution in [1.82, 2.24) is 20.4 Å². The number of hydrogen-bond donors (Lipinski definition) is 2. The van der Waals surface area contributed by atoms with Crippen LogP contribution in [0.4, 0.5) is 0 Å². The molecule has 1 aromatic heterocycles. The van der Waals surface area contributed by atoms with E-state index in [4.69, 9.17) is 0 Å². The highest BCUT2D eigenvalue weighted by molar-refractivity contribution is 5.83. The van der Waals surface area contributed by atoms with E-state index in [1.807, 2.05) is 13.2 Å². The summed E-state index contributed by atoms with van der Waals surface area (Å²) in [6, 6.07) is 8.05. The van der Waals surface area contributed by atoms with Crippen LogP contribution >= 0.6 is 0 Å². The molecule has 0 aliphatic heterocycles. The molecule has 2 aromatic rings. The molecule has 22 heavy (non-hydrogen) atoms. The summed E-state index contributed by atoms with van der Waals surface area (Å²) in [6.07, 6.45) is 3.56. The number of nitrogens with zero attached hydrogens (tertiary/aromatic N) is 2. The van der Waals surface area contributed by atoms with Crippen molar-refractivity contribution in [2.45, 2.75) is 25.8 Å². The lowest BCUT2D eigenvalue weighted by atomic mass is 10.00. The molecule has 0 spiro atoms. The quantitative estimate of drug-likeness (QED) is 0.857.